The summed E-state index contributed by atoms with van der Waals surface area (Å²) in [5.41, 5.74) is 1.76. The number of urea groups is 1. The predicted molar refractivity (Wildman–Crippen MR) is 155 cm³/mol. The lowest BCUT2D eigenvalue weighted by molar-refractivity contribution is -0.127. The van der Waals surface area contributed by atoms with Crippen molar-refractivity contribution >= 4 is 63.6 Å². The fraction of sp³-hybridized carbons (Fsp3) is 0.100. The van der Waals surface area contributed by atoms with Crippen molar-refractivity contribution in [3.8, 4) is 11.5 Å². The molecule has 0 atom stereocenters. The monoisotopic (exact) mass is 575 g/mol. The van der Waals surface area contributed by atoms with Crippen LogP contribution in [0.5, 0.6) is 11.5 Å². The zero-order chi connectivity index (χ0) is 28.2. The van der Waals surface area contributed by atoms with Gasteiger partial charge in [0.1, 0.15) is 30.3 Å². The first-order valence-electron chi connectivity index (χ1n) is 12.2. The van der Waals surface area contributed by atoms with Crippen molar-refractivity contribution in [2.75, 3.05) is 19.0 Å². The number of rotatable bonds is 8. The van der Waals surface area contributed by atoms with Crippen LogP contribution in [0.1, 0.15) is 11.1 Å². The van der Waals surface area contributed by atoms with E-state index in [9.17, 15) is 14.4 Å². The SMILES string of the molecule is COc1ccccc1NC(=O)CN1C(=O)N/C(=C/c2c(OCc3ccc(Cl)cc3Cl)ccc3ccccc23)C1=O. The summed E-state index contributed by atoms with van der Waals surface area (Å²) in [4.78, 5) is 39.5. The molecule has 4 aromatic rings. The number of ether oxygens (including phenoxy) is 2. The Balaban J connectivity index is 1.40. The van der Waals surface area contributed by atoms with Crippen LogP contribution in [0.25, 0.3) is 16.8 Å². The number of anilines is 1. The molecule has 0 unspecified atom stereocenters. The van der Waals surface area contributed by atoms with Gasteiger partial charge >= 0.3 is 6.03 Å². The largest absolute Gasteiger partial charge is 0.495 e. The summed E-state index contributed by atoms with van der Waals surface area (Å²) in [6.07, 6.45) is 1.56. The van der Waals surface area contributed by atoms with Gasteiger partial charge in [0.15, 0.2) is 0 Å². The third-order valence-corrected chi connectivity index (χ3v) is 6.85. The Bertz CT molecular complexity index is 1670. The Hall–Kier alpha value is -4.53. The Morgan fingerprint density at radius 1 is 0.975 bits per heavy atom. The number of fused-ring (bicyclic) bond motifs is 1. The Kier molecular flexibility index (Phi) is 7.91. The van der Waals surface area contributed by atoms with Gasteiger partial charge in [-0.2, -0.15) is 0 Å². The molecule has 1 aliphatic heterocycles. The van der Waals surface area contributed by atoms with Gasteiger partial charge in [-0.15, -0.1) is 0 Å². The first-order valence-corrected chi connectivity index (χ1v) is 13.0. The van der Waals surface area contributed by atoms with Crippen molar-refractivity contribution in [1.29, 1.82) is 0 Å². The summed E-state index contributed by atoms with van der Waals surface area (Å²) < 4.78 is 11.4. The second-order valence-corrected chi connectivity index (χ2v) is 9.69. The molecule has 4 amide bonds. The molecule has 40 heavy (non-hydrogen) atoms. The first kappa shape index (κ1) is 27.1. The van der Waals surface area contributed by atoms with E-state index >= 15 is 0 Å². The molecule has 0 aliphatic carbocycles. The molecular formula is C30H23Cl2N3O5. The van der Waals surface area contributed by atoms with E-state index in [0.717, 1.165) is 21.2 Å². The number of hydrogen-bond donors (Lipinski definition) is 2. The average molecular weight is 576 g/mol. The van der Waals surface area contributed by atoms with Crippen LogP contribution in [-0.2, 0) is 16.2 Å². The number of imide groups is 1. The third kappa shape index (κ3) is 5.73. The Labute approximate surface area is 240 Å². The van der Waals surface area contributed by atoms with Crippen molar-refractivity contribution in [1.82, 2.24) is 10.2 Å². The summed E-state index contributed by atoms with van der Waals surface area (Å²) in [6, 6.07) is 22.6. The topological polar surface area (TPSA) is 97.0 Å². The molecule has 5 rings (SSSR count). The minimum Gasteiger partial charge on any atom is -0.495 e. The van der Waals surface area contributed by atoms with Crippen LogP contribution in [0.4, 0.5) is 10.5 Å². The number of amides is 4. The Morgan fingerprint density at radius 2 is 1.75 bits per heavy atom. The molecule has 202 valence electrons. The van der Waals surface area contributed by atoms with Gasteiger partial charge in [0.05, 0.1) is 12.8 Å². The molecule has 1 aliphatic rings. The lowest BCUT2D eigenvalue weighted by atomic mass is 10.0. The molecule has 1 saturated heterocycles. The van der Waals surface area contributed by atoms with Gasteiger partial charge < -0.3 is 20.1 Å². The Morgan fingerprint density at radius 3 is 2.55 bits per heavy atom. The first-order chi connectivity index (χ1) is 19.3. The highest BCUT2D eigenvalue weighted by Crippen LogP contribution is 2.32. The van der Waals surface area contributed by atoms with Crippen molar-refractivity contribution in [3.63, 3.8) is 0 Å². The fourth-order valence-corrected chi connectivity index (χ4v) is 4.75. The summed E-state index contributed by atoms with van der Waals surface area (Å²) in [5.74, 6) is -0.258. The molecule has 2 N–H and O–H groups in total. The third-order valence-electron chi connectivity index (χ3n) is 6.26. The maximum absolute atomic E-state index is 13.2. The summed E-state index contributed by atoms with van der Waals surface area (Å²) in [7, 11) is 1.48. The maximum Gasteiger partial charge on any atom is 0.329 e. The van der Waals surface area contributed by atoms with E-state index in [1.165, 1.54) is 7.11 Å². The zero-order valence-corrected chi connectivity index (χ0v) is 22.8. The van der Waals surface area contributed by atoms with Crippen molar-refractivity contribution < 1.29 is 23.9 Å². The summed E-state index contributed by atoms with van der Waals surface area (Å²) in [5, 5.41) is 7.95. The molecule has 0 radical (unpaired) electrons. The number of methoxy groups -OCH3 is 1. The number of carbonyl (C=O) groups is 3. The summed E-state index contributed by atoms with van der Waals surface area (Å²) in [6.45, 7) is -0.325. The molecule has 0 bridgehead atoms. The summed E-state index contributed by atoms with van der Waals surface area (Å²) >= 11 is 12.3. The highest BCUT2D eigenvalue weighted by atomic mass is 35.5. The van der Waals surface area contributed by atoms with E-state index in [1.807, 2.05) is 30.3 Å². The minimum atomic E-state index is -0.706. The van der Waals surface area contributed by atoms with Gasteiger partial charge in [-0.3, -0.25) is 9.59 Å². The van der Waals surface area contributed by atoms with E-state index in [-0.39, 0.29) is 12.3 Å². The van der Waals surface area contributed by atoms with Gasteiger partial charge in [-0.1, -0.05) is 71.7 Å². The fourth-order valence-electron chi connectivity index (χ4n) is 4.29. The van der Waals surface area contributed by atoms with Crippen molar-refractivity contribution in [2.45, 2.75) is 6.61 Å². The highest BCUT2D eigenvalue weighted by molar-refractivity contribution is 6.35. The van der Waals surface area contributed by atoms with E-state index in [0.29, 0.717) is 32.8 Å². The van der Waals surface area contributed by atoms with Crippen LogP contribution in [0.2, 0.25) is 10.0 Å². The molecule has 0 saturated carbocycles. The van der Waals surface area contributed by atoms with Crippen molar-refractivity contribution in [2.24, 2.45) is 0 Å². The van der Waals surface area contributed by atoms with Crippen molar-refractivity contribution in [3.05, 3.63) is 106 Å². The van der Waals surface area contributed by atoms with Crippen LogP contribution >= 0.6 is 23.2 Å². The number of carbonyl (C=O) groups excluding carboxylic acids is 3. The zero-order valence-electron chi connectivity index (χ0n) is 21.2. The minimum absolute atomic E-state index is 0.0146. The highest BCUT2D eigenvalue weighted by Gasteiger charge is 2.35. The normalized spacial score (nSPS) is 14.0. The quantitative estimate of drug-likeness (QED) is 0.191. The van der Waals surface area contributed by atoms with Crippen LogP contribution in [-0.4, -0.2) is 36.4 Å². The number of para-hydroxylation sites is 2. The maximum atomic E-state index is 13.2. The van der Waals surface area contributed by atoms with Gasteiger partial charge in [0.2, 0.25) is 5.91 Å². The van der Waals surface area contributed by atoms with Crippen LogP contribution < -0.4 is 20.1 Å². The number of nitrogens with zero attached hydrogens (tertiary/aromatic N) is 1. The lowest BCUT2D eigenvalue weighted by Gasteiger charge is -2.14. The van der Waals surface area contributed by atoms with Gasteiger partial charge in [-0.25, -0.2) is 9.69 Å². The smallest absolute Gasteiger partial charge is 0.329 e. The second kappa shape index (κ2) is 11.7. The van der Waals surface area contributed by atoms with Crippen LogP contribution in [0.3, 0.4) is 0 Å². The van der Waals surface area contributed by atoms with Gasteiger partial charge in [-0.05, 0) is 47.2 Å². The molecule has 1 fully saturated rings. The number of hydrogen-bond acceptors (Lipinski definition) is 5. The second-order valence-electron chi connectivity index (χ2n) is 8.85. The number of benzene rings is 4. The van der Waals surface area contributed by atoms with E-state index in [2.05, 4.69) is 10.6 Å². The number of halogens is 2. The molecule has 4 aromatic carbocycles. The molecule has 1 heterocycles. The molecule has 10 heteroatoms. The number of nitrogens with one attached hydrogen (secondary N) is 2. The molecular weight excluding hydrogens is 553 g/mol. The van der Waals surface area contributed by atoms with E-state index < -0.39 is 24.4 Å². The molecule has 8 nitrogen and oxygen atoms in total. The van der Waals surface area contributed by atoms with Gasteiger partial charge in [0.25, 0.3) is 5.91 Å². The molecule has 0 spiro atoms. The van der Waals surface area contributed by atoms with Crippen LogP contribution in [0.15, 0.2) is 84.6 Å². The average Bonchev–Trinajstić information content (AvgIpc) is 3.20. The molecule has 0 aromatic heterocycles. The standard InChI is InChI=1S/C30H23Cl2N3O5/c1-39-27-9-5-4-8-24(27)33-28(36)16-35-29(37)25(34-30(35)38)15-22-21-7-3-2-6-18(21)11-13-26(22)40-17-19-10-12-20(31)14-23(19)32/h2-15H,16-17H2,1H3,(H,33,36)(H,34,38)/b25-15+. The van der Waals surface area contributed by atoms with Crippen LogP contribution in [0, 0.1) is 0 Å². The lowest BCUT2D eigenvalue weighted by Crippen LogP contribution is -2.38. The predicted octanol–water partition coefficient (Wildman–Crippen LogP) is 6.27. The van der Waals surface area contributed by atoms with E-state index in [4.69, 9.17) is 32.7 Å². The van der Waals surface area contributed by atoms with Gasteiger partial charge in [0, 0.05) is 21.2 Å². The van der Waals surface area contributed by atoms with E-state index in [1.54, 1.807) is 54.6 Å².